The monoisotopic (exact) mass is 326 g/mol. The van der Waals surface area contributed by atoms with Gasteiger partial charge in [-0.3, -0.25) is 4.79 Å². The molecule has 0 fully saturated rings. The van der Waals surface area contributed by atoms with Crippen molar-refractivity contribution in [2.45, 2.75) is 32.3 Å². The lowest BCUT2D eigenvalue weighted by Crippen LogP contribution is -2.28. The lowest BCUT2D eigenvalue weighted by molar-refractivity contribution is -0.155. The van der Waals surface area contributed by atoms with Crippen LogP contribution in [-0.2, 0) is 14.3 Å². The first-order valence-electron chi connectivity index (χ1n) is 7.78. The van der Waals surface area contributed by atoms with E-state index in [1.807, 2.05) is 51.1 Å². The Kier molecular flexibility index (Phi) is 5.39. The lowest BCUT2D eigenvalue weighted by atomic mass is 9.90. The van der Waals surface area contributed by atoms with Crippen LogP contribution in [0.3, 0.4) is 0 Å². The van der Waals surface area contributed by atoms with Gasteiger partial charge in [0, 0.05) is 0 Å². The number of carbonyl (C=O) groups is 2. The highest BCUT2D eigenvalue weighted by Crippen LogP contribution is 2.28. The van der Waals surface area contributed by atoms with Gasteiger partial charge in [0.1, 0.15) is 11.5 Å². The van der Waals surface area contributed by atoms with Gasteiger partial charge in [0.05, 0.1) is 12.7 Å². The van der Waals surface area contributed by atoms with Crippen LogP contribution in [0.4, 0.5) is 0 Å². The molecule has 1 unspecified atom stereocenters. The van der Waals surface area contributed by atoms with E-state index < -0.39 is 17.5 Å². The molecule has 0 aliphatic carbocycles. The zero-order valence-corrected chi connectivity index (χ0v) is 14.4. The van der Waals surface area contributed by atoms with Gasteiger partial charge in [0.25, 0.3) is 0 Å². The van der Waals surface area contributed by atoms with E-state index in [2.05, 4.69) is 0 Å². The van der Waals surface area contributed by atoms with Crippen LogP contribution in [0, 0.1) is 0 Å². The van der Waals surface area contributed by atoms with E-state index in [4.69, 9.17) is 9.47 Å². The number of ether oxygens (including phenoxy) is 2. The van der Waals surface area contributed by atoms with Crippen LogP contribution in [0.5, 0.6) is 0 Å². The Morgan fingerprint density at radius 2 is 1.42 bits per heavy atom. The molecular formula is C20H22O4. The summed E-state index contributed by atoms with van der Waals surface area (Å²) in [5.41, 5.74) is 1.48. The summed E-state index contributed by atoms with van der Waals surface area (Å²) in [6.07, 6.45) is 0. The first-order chi connectivity index (χ1) is 11.3. The fourth-order valence-corrected chi connectivity index (χ4v) is 2.40. The number of hydrogen-bond acceptors (Lipinski definition) is 4. The second-order valence-electron chi connectivity index (χ2n) is 6.49. The summed E-state index contributed by atoms with van der Waals surface area (Å²) in [6, 6.07) is 16.3. The highest BCUT2D eigenvalue weighted by molar-refractivity contribution is 5.89. The van der Waals surface area contributed by atoms with Gasteiger partial charge < -0.3 is 9.47 Å². The second kappa shape index (κ2) is 7.30. The number of esters is 2. The normalized spacial score (nSPS) is 12.3. The molecule has 0 amide bonds. The fourth-order valence-electron chi connectivity index (χ4n) is 2.40. The van der Waals surface area contributed by atoms with E-state index in [9.17, 15) is 9.59 Å². The van der Waals surface area contributed by atoms with Crippen molar-refractivity contribution in [3.63, 3.8) is 0 Å². The Morgan fingerprint density at radius 1 is 0.875 bits per heavy atom. The molecule has 0 aliphatic heterocycles. The van der Waals surface area contributed by atoms with Crippen LogP contribution < -0.4 is 0 Å². The largest absolute Gasteiger partial charge is 0.465 e. The predicted octanol–water partition coefficient (Wildman–Crippen LogP) is 3.95. The van der Waals surface area contributed by atoms with Crippen LogP contribution >= 0.6 is 0 Å². The Bertz CT molecular complexity index is 697. The highest BCUT2D eigenvalue weighted by Gasteiger charge is 2.28. The first-order valence-corrected chi connectivity index (χ1v) is 7.78. The summed E-state index contributed by atoms with van der Waals surface area (Å²) in [4.78, 5) is 24.3. The van der Waals surface area contributed by atoms with Crippen molar-refractivity contribution in [1.82, 2.24) is 0 Å². The number of rotatable bonds is 4. The van der Waals surface area contributed by atoms with Crippen LogP contribution in [-0.4, -0.2) is 24.6 Å². The van der Waals surface area contributed by atoms with E-state index in [1.165, 1.54) is 7.11 Å². The standard InChI is InChI=1S/C20H22O4/c1-20(2,3)24-19(22)17(14-8-6-5-7-9-14)15-10-12-16(13-11-15)18(21)23-4/h5-13,17H,1-4H3. The van der Waals surface area contributed by atoms with Gasteiger partial charge in [-0.1, -0.05) is 42.5 Å². The van der Waals surface area contributed by atoms with E-state index in [-0.39, 0.29) is 5.97 Å². The molecule has 0 saturated carbocycles. The average molecular weight is 326 g/mol. The maximum absolute atomic E-state index is 12.7. The van der Waals surface area contributed by atoms with Gasteiger partial charge in [0.2, 0.25) is 0 Å². The molecule has 1 atom stereocenters. The molecular weight excluding hydrogens is 304 g/mol. The van der Waals surface area contributed by atoms with Crippen molar-refractivity contribution in [1.29, 1.82) is 0 Å². The topological polar surface area (TPSA) is 52.6 Å². The molecule has 0 bridgehead atoms. The van der Waals surface area contributed by atoms with Crippen molar-refractivity contribution in [2.75, 3.05) is 7.11 Å². The molecule has 0 aromatic heterocycles. The van der Waals surface area contributed by atoms with Crippen molar-refractivity contribution < 1.29 is 19.1 Å². The zero-order chi connectivity index (χ0) is 17.7. The average Bonchev–Trinajstić information content (AvgIpc) is 2.54. The molecule has 0 heterocycles. The summed E-state index contributed by atoms with van der Waals surface area (Å²) in [6.45, 7) is 5.52. The molecule has 2 aromatic carbocycles. The molecule has 0 aliphatic rings. The first kappa shape index (κ1) is 17.7. The fraction of sp³-hybridized carbons (Fsp3) is 0.300. The van der Waals surface area contributed by atoms with Gasteiger partial charge in [-0.05, 0) is 44.0 Å². The molecule has 2 rings (SSSR count). The zero-order valence-electron chi connectivity index (χ0n) is 14.4. The molecule has 24 heavy (non-hydrogen) atoms. The van der Waals surface area contributed by atoms with Crippen molar-refractivity contribution in [3.8, 4) is 0 Å². The van der Waals surface area contributed by atoms with Gasteiger partial charge >= 0.3 is 11.9 Å². The maximum Gasteiger partial charge on any atom is 0.337 e. The molecule has 126 valence electrons. The minimum absolute atomic E-state index is 0.320. The SMILES string of the molecule is COC(=O)c1ccc(C(C(=O)OC(C)(C)C)c2ccccc2)cc1. The molecule has 0 radical (unpaired) electrons. The number of methoxy groups -OCH3 is 1. The van der Waals surface area contributed by atoms with Crippen molar-refractivity contribution in [2.24, 2.45) is 0 Å². The third-order valence-electron chi connectivity index (χ3n) is 3.44. The van der Waals surface area contributed by atoms with Crippen molar-refractivity contribution >= 4 is 11.9 Å². The Morgan fingerprint density at radius 3 is 1.92 bits per heavy atom. The molecule has 0 spiro atoms. The van der Waals surface area contributed by atoms with E-state index in [0.717, 1.165) is 11.1 Å². The van der Waals surface area contributed by atoms with Crippen LogP contribution in [0.15, 0.2) is 54.6 Å². The molecule has 0 N–H and O–H groups in total. The third-order valence-corrected chi connectivity index (χ3v) is 3.44. The molecule has 4 heteroatoms. The van der Waals surface area contributed by atoms with Gasteiger partial charge in [0.15, 0.2) is 0 Å². The van der Waals surface area contributed by atoms with E-state index in [0.29, 0.717) is 5.56 Å². The van der Waals surface area contributed by atoms with Gasteiger partial charge in [-0.25, -0.2) is 4.79 Å². The lowest BCUT2D eigenvalue weighted by Gasteiger charge is -2.24. The molecule has 2 aromatic rings. The number of hydrogen-bond donors (Lipinski definition) is 0. The molecule has 0 saturated heterocycles. The third kappa shape index (κ3) is 4.44. The maximum atomic E-state index is 12.7. The van der Waals surface area contributed by atoms with E-state index >= 15 is 0 Å². The molecule has 4 nitrogen and oxygen atoms in total. The minimum atomic E-state index is -0.573. The predicted molar refractivity (Wildman–Crippen MR) is 91.9 cm³/mol. The summed E-state index contributed by atoms with van der Waals surface area (Å²) >= 11 is 0. The Labute approximate surface area is 142 Å². The summed E-state index contributed by atoms with van der Waals surface area (Å²) in [5.74, 6) is -1.27. The van der Waals surface area contributed by atoms with Gasteiger partial charge in [-0.2, -0.15) is 0 Å². The summed E-state index contributed by atoms with van der Waals surface area (Å²) in [7, 11) is 1.34. The minimum Gasteiger partial charge on any atom is -0.465 e. The van der Waals surface area contributed by atoms with Gasteiger partial charge in [-0.15, -0.1) is 0 Å². The van der Waals surface area contributed by atoms with Crippen molar-refractivity contribution in [3.05, 3.63) is 71.3 Å². The Balaban J connectivity index is 2.39. The summed E-state index contributed by atoms with van der Waals surface area (Å²) in [5, 5.41) is 0. The smallest absolute Gasteiger partial charge is 0.337 e. The number of carbonyl (C=O) groups excluding carboxylic acids is 2. The van der Waals surface area contributed by atoms with Crippen LogP contribution in [0.2, 0.25) is 0 Å². The van der Waals surface area contributed by atoms with Crippen LogP contribution in [0.1, 0.15) is 48.2 Å². The highest BCUT2D eigenvalue weighted by atomic mass is 16.6. The quantitative estimate of drug-likeness (QED) is 0.798. The summed E-state index contributed by atoms with van der Waals surface area (Å²) < 4.78 is 10.3. The number of benzene rings is 2. The van der Waals surface area contributed by atoms with E-state index in [1.54, 1.807) is 24.3 Å². The van der Waals surface area contributed by atoms with Crippen LogP contribution in [0.25, 0.3) is 0 Å². The Hall–Kier alpha value is -2.62. The second-order valence-corrected chi connectivity index (χ2v) is 6.49.